The first kappa shape index (κ1) is 11.7. The van der Waals surface area contributed by atoms with Crippen molar-refractivity contribution in [2.75, 3.05) is 5.75 Å². The van der Waals surface area contributed by atoms with E-state index < -0.39 is 22.1 Å². The van der Waals surface area contributed by atoms with Crippen LogP contribution in [0.4, 0.5) is 0 Å². The summed E-state index contributed by atoms with van der Waals surface area (Å²) in [5, 5.41) is 0. The quantitative estimate of drug-likeness (QED) is 0.570. The van der Waals surface area contributed by atoms with E-state index in [1.54, 1.807) is 6.92 Å². The van der Waals surface area contributed by atoms with Crippen molar-refractivity contribution in [2.24, 2.45) is 0 Å². The Morgan fingerprint density at radius 3 is 2.10 bits per heavy atom. The van der Waals surface area contributed by atoms with E-state index in [-0.39, 0.29) is 0 Å². The first-order chi connectivity index (χ1) is 4.41. The SMILES string of the molecule is CCS(=O)(=S)S(=S)[SH](=S)=S. The van der Waals surface area contributed by atoms with E-state index in [4.69, 9.17) is 44.8 Å². The van der Waals surface area contributed by atoms with Crippen molar-refractivity contribution in [2.45, 2.75) is 6.92 Å². The third-order valence-corrected chi connectivity index (χ3v) is 21.3. The second-order valence-corrected chi connectivity index (χ2v) is 18.3. The normalized spacial score (nSPS) is 20.2. The van der Waals surface area contributed by atoms with Gasteiger partial charge in [0.15, 0.2) is 0 Å². The molecule has 1 nitrogen and oxygen atoms in total. The van der Waals surface area contributed by atoms with Crippen LogP contribution in [-0.4, -0.2) is 9.96 Å². The third-order valence-electron chi connectivity index (χ3n) is 0.693. The van der Waals surface area contributed by atoms with Crippen LogP contribution >= 0.6 is 0 Å². The second kappa shape index (κ2) is 4.68. The van der Waals surface area contributed by atoms with Crippen molar-refractivity contribution in [3.63, 3.8) is 0 Å². The van der Waals surface area contributed by atoms with E-state index >= 15 is 0 Å². The molecular weight excluding hydrogens is 264 g/mol. The van der Waals surface area contributed by atoms with Crippen molar-refractivity contribution < 1.29 is 4.21 Å². The van der Waals surface area contributed by atoms with E-state index in [2.05, 4.69) is 0 Å². The Morgan fingerprint density at radius 1 is 1.60 bits per heavy atom. The van der Waals surface area contributed by atoms with Gasteiger partial charge in [-0.1, -0.05) is 6.92 Å². The summed E-state index contributed by atoms with van der Waals surface area (Å²) in [6, 6.07) is 0. The van der Waals surface area contributed by atoms with Gasteiger partial charge in [-0.25, -0.2) is 4.21 Å². The highest BCUT2D eigenvalue weighted by atomic mass is 33.9. The molecule has 0 rings (SSSR count). The average Bonchev–Trinajstić information content (AvgIpc) is 1.86. The van der Waals surface area contributed by atoms with Gasteiger partial charge in [0.05, 0.1) is 7.52 Å². The number of hydrogen-bond donors (Lipinski definition) is 1. The van der Waals surface area contributed by atoms with Crippen molar-refractivity contribution in [1.29, 1.82) is 0 Å². The van der Waals surface area contributed by atoms with Crippen LogP contribution in [0.1, 0.15) is 6.92 Å². The Bertz CT molecular complexity index is 284. The minimum atomic E-state index is -2.30. The van der Waals surface area contributed by atoms with Crippen LogP contribution in [0, 0.1) is 0 Å². The number of hydrogen-bond acceptors (Lipinski definition) is 5. The fraction of sp³-hybridized carbons (Fsp3) is 1.00. The zero-order chi connectivity index (χ0) is 8.36. The summed E-state index contributed by atoms with van der Waals surface area (Å²) < 4.78 is 11.3. The fourth-order valence-corrected chi connectivity index (χ4v) is 14.3. The van der Waals surface area contributed by atoms with Crippen LogP contribution in [0.3, 0.4) is 0 Å². The highest BCUT2D eigenvalue weighted by Crippen LogP contribution is 2.00. The summed E-state index contributed by atoms with van der Waals surface area (Å²) in [4.78, 5) is 0. The molecule has 0 aromatic carbocycles. The van der Waals surface area contributed by atoms with Gasteiger partial charge in [0, 0.05) is 13.3 Å². The molecule has 2 atom stereocenters. The molecule has 10 heavy (non-hydrogen) atoms. The molecule has 0 amide bonds. The van der Waals surface area contributed by atoms with Gasteiger partial charge in [-0.3, -0.25) is 0 Å². The largest absolute Gasteiger partial charge is 0.245 e. The first-order valence-electron chi connectivity index (χ1n) is 2.21. The van der Waals surface area contributed by atoms with Gasteiger partial charge in [0.1, 0.15) is 0 Å². The van der Waals surface area contributed by atoms with Crippen molar-refractivity contribution in [3.8, 4) is 0 Å². The molecule has 0 aliphatic rings. The summed E-state index contributed by atoms with van der Waals surface area (Å²) in [5.41, 5.74) is 0. The highest BCUT2D eigenvalue weighted by molar-refractivity contribution is 9.19. The molecule has 0 saturated carbocycles. The van der Waals surface area contributed by atoms with Crippen LogP contribution in [-0.2, 0) is 66.8 Å². The topological polar surface area (TPSA) is 17.1 Å². The highest BCUT2D eigenvalue weighted by Gasteiger charge is 2.06. The van der Waals surface area contributed by atoms with Gasteiger partial charge in [-0.2, -0.15) is 0 Å². The molecule has 2 unspecified atom stereocenters. The lowest BCUT2D eigenvalue weighted by Crippen LogP contribution is -2.07. The minimum Gasteiger partial charge on any atom is -0.245 e. The zero-order valence-corrected chi connectivity index (χ0v) is 10.8. The van der Waals surface area contributed by atoms with Gasteiger partial charge >= 0.3 is 0 Å². The average molecular weight is 271 g/mol. The summed E-state index contributed by atoms with van der Waals surface area (Å²) in [6.07, 6.45) is 0. The maximum atomic E-state index is 11.3. The molecule has 0 N–H and O–H groups in total. The lowest BCUT2D eigenvalue weighted by molar-refractivity contribution is 0.691. The molecule has 0 aromatic rings. The van der Waals surface area contributed by atoms with Gasteiger partial charge < -0.3 is 0 Å². The van der Waals surface area contributed by atoms with E-state index in [0.717, 1.165) is 0 Å². The monoisotopic (exact) mass is 270 g/mol. The van der Waals surface area contributed by atoms with Crippen LogP contribution in [0.5, 0.6) is 0 Å². The smallest absolute Gasteiger partial charge is 0.0949 e. The lowest BCUT2D eigenvalue weighted by Gasteiger charge is -2.00. The van der Waals surface area contributed by atoms with Gasteiger partial charge in [0.2, 0.25) is 0 Å². The van der Waals surface area contributed by atoms with E-state index in [0.29, 0.717) is 5.75 Å². The standard InChI is InChI=1S/C2H6OS7/c1-2-10(3,7)9(6)8(4)5/h8H,2H2,1H3. The van der Waals surface area contributed by atoms with E-state index in [1.165, 1.54) is 0 Å². The summed E-state index contributed by atoms with van der Waals surface area (Å²) in [5.74, 6) is 0.418. The summed E-state index contributed by atoms with van der Waals surface area (Å²) in [6.45, 7) is 1.76. The molecule has 8 heteroatoms. The molecule has 0 radical (unpaired) electrons. The molecule has 62 valence electrons. The Labute approximate surface area is 82.9 Å². The zero-order valence-electron chi connectivity index (χ0n) is 5.01. The Hall–Kier alpha value is 1.73. The van der Waals surface area contributed by atoms with E-state index in [1.807, 2.05) is 0 Å². The Kier molecular flexibility index (Phi) is 5.49. The van der Waals surface area contributed by atoms with Gasteiger partial charge in [0.25, 0.3) is 0 Å². The van der Waals surface area contributed by atoms with Crippen molar-refractivity contribution >= 4 is 66.8 Å². The van der Waals surface area contributed by atoms with Crippen LogP contribution < -0.4 is 0 Å². The van der Waals surface area contributed by atoms with E-state index in [9.17, 15) is 4.21 Å². The molecule has 0 aliphatic heterocycles. The molecule has 0 bridgehead atoms. The van der Waals surface area contributed by atoms with Gasteiger partial charge in [-0.15, -0.1) is 0 Å². The molecule has 0 aliphatic carbocycles. The molecule has 0 spiro atoms. The number of thiol groups is 1. The lowest BCUT2D eigenvalue weighted by atomic mass is 11.0. The van der Waals surface area contributed by atoms with Crippen molar-refractivity contribution in [3.05, 3.63) is 0 Å². The summed E-state index contributed by atoms with van der Waals surface area (Å²) in [7, 11) is -4.24. The van der Waals surface area contributed by atoms with Gasteiger partial charge in [-0.05, 0) is 51.8 Å². The molecule has 0 saturated heterocycles. The predicted molar refractivity (Wildman–Crippen MR) is 64.3 cm³/mol. The Morgan fingerprint density at radius 2 is 2.00 bits per heavy atom. The number of rotatable bonds is 3. The summed E-state index contributed by atoms with van der Waals surface area (Å²) >= 11 is 19.1. The van der Waals surface area contributed by atoms with Crippen LogP contribution in [0.2, 0.25) is 0 Å². The molecular formula is C2H6OS7. The molecule has 0 aromatic heterocycles. The van der Waals surface area contributed by atoms with Crippen LogP contribution in [0.15, 0.2) is 0 Å². The second-order valence-electron chi connectivity index (χ2n) is 1.29. The fourth-order valence-electron chi connectivity index (χ4n) is 0.194. The first-order valence-corrected chi connectivity index (χ1v) is 11.5. The molecule has 0 fully saturated rings. The third kappa shape index (κ3) is 3.42. The maximum Gasteiger partial charge on any atom is 0.0949 e. The minimum absolute atomic E-state index is 0.418. The Balaban J connectivity index is 4.88. The van der Waals surface area contributed by atoms with Crippen molar-refractivity contribution in [1.82, 2.24) is 0 Å². The predicted octanol–water partition coefficient (Wildman–Crippen LogP) is -0.0628. The molecule has 0 heterocycles. The maximum absolute atomic E-state index is 11.3. The van der Waals surface area contributed by atoms with Crippen LogP contribution in [0.25, 0.3) is 0 Å².